The molecular formula is C9H9IN4. The smallest absolute Gasteiger partial charge is 0.153 e. The highest BCUT2D eigenvalue weighted by Crippen LogP contribution is 2.08. The summed E-state index contributed by atoms with van der Waals surface area (Å²) in [7, 11) is 0. The molecule has 0 unspecified atom stereocenters. The predicted octanol–water partition coefficient (Wildman–Crippen LogP) is 1.33. The van der Waals surface area contributed by atoms with Crippen molar-refractivity contribution in [3.63, 3.8) is 0 Å². The summed E-state index contributed by atoms with van der Waals surface area (Å²) in [6.07, 6.45) is 5.45. The van der Waals surface area contributed by atoms with Crippen LogP contribution < -0.4 is 5.73 Å². The Morgan fingerprint density at radius 1 is 1.50 bits per heavy atom. The van der Waals surface area contributed by atoms with Crippen LogP contribution in [0.1, 0.15) is 5.56 Å². The highest BCUT2D eigenvalue weighted by Gasteiger charge is 2.00. The molecule has 2 rings (SSSR count). The van der Waals surface area contributed by atoms with Gasteiger partial charge in [-0.3, -0.25) is 0 Å². The number of aromatic nitrogens is 3. The predicted molar refractivity (Wildman–Crippen MR) is 62.0 cm³/mol. The quantitative estimate of drug-likeness (QED) is 0.851. The number of nitrogens with zero attached hydrogens (tertiary/aromatic N) is 3. The normalized spacial score (nSPS) is 10.4. The van der Waals surface area contributed by atoms with Crippen LogP contribution in [-0.4, -0.2) is 14.8 Å². The van der Waals surface area contributed by atoms with E-state index in [1.807, 2.05) is 18.3 Å². The Morgan fingerprint density at radius 3 is 3.00 bits per heavy atom. The lowest BCUT2D eigenvalue weighted by Gasteiger charge is -2.01. The Kier molecular flexibility index (Phi) is 2.78. The lowest BCUT2D eigenvalue weighted by molar-refractivity contribution is 0.841. The van der Waals surface area contributed by atoms with Crippen LogP contribution in [-0.2, 0) is 6.54 Å². The summed E-state index contributed by atoms with van der Waals surface area (Å²) in [5, 5.41) is 4.17. The first kappa shape index (κ1) is 9.60. The molecule has 0 spiro atoms. The van der Waals surface area contributed by atoms with Crippen LogP contribution in [0.25, 0.3) is 5.82 Å². The third-order valence-corrected chi connectivity index (χ3v) is 2.39. The van der Waals surface area contributed by atoms with Crippen molar-refractivity contribution in [2.75, 3.05) is 0 Å². The molecule has 0 amide bonds. The number of rotatable bonds is 2. The fourth-order valence-electron chi connectivity index (χ4n) is 1.14. The van der Waals surface area contributed by atoms with Crippen LogP contribution in [0.2, 0.25) is 0 Å². The Labute approximate surface area is 95.3 Å². The molecule has 0 atom stereocenters. The van der Waals surface area contributed by atoms with E-state index in [0.29, 0.717) is 6.54 Å². The van der Waals surface area contributed by atoms with Crippen molar-refractivity contribution in [1.29, 1.82) is 0 Å². The number of nitrogens with two attached hydrogens (primary N) is 1. The topological polar surface area (TPSA) is 56.7 Å². The Bertz CT molecular complexity index is 438. The molecule has 0 fully saturated rings. The fraction of sp³-hybridized carbons (Fsp3) is 0.111. The highest BCUT2D eigenvalue weighted by atomic mass is 127. The van der Waals surface area contributed by atoms with Crippen LogP contribution in [0, 0.1) is 3.57 Å². The molecule has 4 nitrogen and oxygen atoms in total. The largest absolute Gasteiger partial charge is 0.326 e. The van der Waals surface area contributed by atoms with Crippen molar-refractivity contribution in [2.24, 2.45) is 5.73 Å². The summed E-state index contributed by atoms with van der Waals surface area (Å²) in [4.78, 5) is 4.21. The maximum atomic E-state index is 5.54. The van der Waals surface area contributed by atoms with Gasteiger partial charge in [0.1, 0.15) is 0 Å². The van der Waals surface area contributed by atoms with E-state index in [1.165, 1.54) is 0 Å². The molecule has 0 bridgehead atoms. The minimum Gasteiger partial charge on any atom is -0.326 e. The van der Waals surface area contributed by atoms with Gasteiger partial charge in [0.25, 0.3) is 0 Å². The monoisotopic (exact) mass is 300 g/mol. The second-order valence-corrected chi connectivity index (χ2v) is 4.08. The molecule has 72 valence electrons. The van der Waals surface area contributed by atoms with E-state index >= 15 is 0 Å². The van der Waals surface area contributed by atoms with Gasteiger partial charge in [0.05, 0.1) is 9.77 Å². The first-order valence-corrected chi connectivity index (χ1v) is 5.23. The van der Waals surface area contributed by atoms with Crippen LogP contribution in [0.4, 0.5) is 0 Å². The van der Waals surface area contributed by atoms with Crippen molar-refractivity contribution >= 4 is 22.6 Å². The lowest BCUT2D eigenvalue weighted by atomic mass is 10.2. The second kappa shape index (κ2) is 4.05. The van der Waals surface area contributed by atoms with Crippen molar-refractivity contribution in [3.05, 3.63) is 39.9 Å². The molecule has 2 N–H and O–H groups in total. The molecule has 0 aliphatic heterocycles. The highest BCUT2D eigenvalue weighted by molar-refractivity contribution is 14.1. The molecule has 5 heteroatoms. The molecule has 2 aromatic heterocycles. The maximum absolute atomic E-state index is 5.54. The zero-order valence-corrected chi connectivity index (χ0v) is 9.55. The van der Waals surface area contributed by atoms with E-state index in [9.17, 15) is 0 Å². The van der Waals surface area contributed by atoms with Crippen molar-refractivity contribution in [1.82, 2.24) is 14.8 Å². The van der Waals surface area contributed by atoms with Crippen LogP contribution in [0.5, 0.6) is 0 Å². The summed E-state index contributed by atoms with van der Waals surface area (Å²) in [5.74, 6) is 0.802. The van der Waals surface area contributed by atoms with E-state index in [1.54, 1.807) is 17.1 Å². The molecule has 0 aromatic carbocycles. The van der Waals surface area contributed by atoms with Crippen molar-refractivity contribution < 1.29 is 0 Å². The molecule has 2 aromatic rings. The third-order valence-electron chi connectivity index (χ3n) is 1.83. The summed E-state index contributed by atoms with van der Waals surface area (Å²) >= 11 is 2.21. The number of hydrogen-bond donors (Lipinski definition) is 1. The van der Waals surface area contributed by atoms with Crippen molar-refractivity contribution in [3.8, 4) is 5.82 Å². The molecule has 0 aliphatic carbocycles. The van der Waals surface area contributed by atoms with Gasteiger partial charge in [0.2, 0.25) is 0 Å². The summed E-state index contributed by atoms with van der Waals surface area (Å²) in [6, 6.07) is 3.83. The van der Waals surface area contributed by atoms with Gasteiger partial charge in [0.15, 0.2) is 5.82 Å². The molecule has 14 heavy (non-hydrogen) atoms. The molecule has 2 heterocycles. The van der Waals surface area contributed by atoms with E-state index < -0.39 is 0 Å². The average molecular weight is 300 g/mol. The zero-order valence-electron chi connectivity index (χ0n) is 7.39. The van der Waals surface area contributed by atoms with Crippen molar-refractivity contribution in [2.45, 2.75) is 6.54 Å². The first-order valence-electron chi connectivity index (χ1n) is 4.15. The number of halogens is 1. The molecule has 0 saturated carbocycles. The Morgan fingerprint density at radius 2 is 2.36 bits per heavy atom. The SMILES string of the molecule is NCc1ccnc(-n2cc(I)cn2)c1. The van der Waals surface area contributed by atoms with Gasteiger partial charge in [-0.25, -0.2) is 9.67 Å². The summed E-state index contributed by atoms with van der Waals surface area (Å²) in [5.41, 5.74) is 6.60. The fourth-order valence-corrected chi connectivity index (χ4v) is 1.53. The van der Waals surface area contributed by atoms with E-state index in [-0.39, 0.29) is 0 Å². The van der Waals surface area contributed by atoms with Gasteiger partial charge in [-0.2, -0.15) is 5.10 Å². The molecular weight excluding hydrogens is 291 g/mol. The maximum Gasteiger partial charge on any atom is 0.153 e. The first-order chi connectivity index (χ1) is 6.79. The minimum atomic E-state index is 0.522. The molecule has 0 radical (unpaired) electrons. The van der Waals surface area contributed by atoms with Gasteiger partial charge in [-0.15, -0.1) is 0 Å². The van der Waals surface area contributed by atoms with Gasteiger partial charge in [-0.1, -0.05) is 0 Å². The van der Waals surface area contributed by atoms with Gasteiger partial charge in [0, 0.05) is 18.9 Å². The van der Waals surface area contributed by atoms with Crippen LogP contribution in [0.3, 0.4) is 0 Å². The minimum absolute atomic E-state index is 0.522. The zero-order chi connectivity index (χ0) is 9.97. The summed E-state index contributed by atoms with van der Waals surface area (Å²) in [6.45, 7) is 0.522. The van der Waals surface area contributed by atoms with Gasteiger partial charge < -0.3 is 5.73 Å². The second-order valence-electron chi connectivity index (χ2n) is 2.83. The number of hydrogen-bond acceptors (Lipinski definition) is 3. The van der Waals surface area contributed by atoms with E-state index in [2.05, 4.69) is 32.7 Å². The van der Waals surface area contributed by atoms with Gasteiger partial charge in [-0.05, 0) is 40.3 Å². The Balaban J connectivity index is 2.41. The van der Waals surface area contributed by atoms with Crippen LogP contribution in [0.15, 0.2) is 30.7 Å². The number of pyridine rings is 1. The lowest BCUT2D eigenvalue weighted by Crippen LogP contribution is -2.01. The third kappa shape index (κ3) is 1.93. The van der Waals surface area contributed by atoms with Gasteiger partial charge >= 0.3 is 0 Å². The standard InChI is InChI=1S/C9H9IN4/c10-8-5-13-14(6-8)9-3-7(4-11)1-2-12-9/h1-3,5-6H,4,11H2. The molecule has 0 saturated heterocycles. The Hall–Kier alpha value is -0.950. The van der Waals surface area contributed by atoms with Crippen LogP contribution >= 0.6 is 22.6 Å². The molecule has 0 aliphatic rings. The van der Waals surface area contributed by atoms with E-state index in [4.69, 9.17) is 5.73 Å². The van der Waals surface area contributed by atoms with E-state index in [0.717, 1.165) is 15.0 Å². The average Bonchev–Trinajstić information content (AvgIpc) is 2.65. The summed E-state index contributed by atoms with van der Waals surface area (Å²) < 4.78 is 2.82.